The fraction of sp³-hybridized carbons (Fsp3) is 0.250. The molecule has 0 aliphatic heterocycles. The number of benzene rings is 2. The minimum Gasteiger partial charge on any atom is -0.467 e. The largest absolute Gasteiger partial charge is 0.467 e. The van der Waals surface area contributed by atoms with E-state index in [1.165, 1.54) is 32.7 Å². The molecule has 0 bridgehead atoms. The smallest absolute Gasteiger partial charge is 0.260 e. The number of fused-ring (bicyclic) bond motifs is 1. The molecule has 176 valence electrons. The topological polar surface area (TPSA) is 83.7 Å². The summed E-state index contributed by atoms with van der Waals surface area (Å²) in [5, 5.41) is 1.11. The zero-order chi connectivity index (χ0) is 24.0. The van der Waals surface area contributed by atoms with Crippen molar-refractivity contribution in [3.8, 4) is 0 Å². The second-order valence-electron chi connectivity index (χ2n) is 8.31. The molecule has 0 saturated heterocycles. The lowest BCUT2D eigenvalue weighted by Crippen LogP contribution is -2.31. The van der Waals surface area contributed by atoms with Crippen molar-refractivity contribution in [3.05, 3.63) is 76.7 Å². The van der Waals surface area contributed by atoms with Gasteiger partial charge in [-0.25, -0.2) is 13.4 Å². The van der Waals surface area contributed by atoms with Gasteiger partial charge in [-0.3, -0.25) is 9.69 Å². The molecule has 0 unspecified atom stereocenters. The van der Waals surface area contributed by atoms with Gasteiger partial charge in [0.1, 0.15) is 5.76 Å². The van der Waals surface area contributed by atoms with Crippen LogP contribution in [0, 0.1) is 6.92 Å². The predicted octanol–water partition coefficient (Wildman–Crippen LogP) is 5.48. The monoisotopic (exact) mass is 515 g/mol. The molecular formula is C24H22ClN3O4S2. The number of hydrogen-bond acceptors (Lipinski definition) is 6. The highest BCUT2D eigenvalue weighted by Gasteiger charge is 2.35. The number of halogens is 1. The number of aryl methyl sites for hydroxylation is 1. The molecule has 0 atom stereocenters. The molecule has 5 rings (SSSR count). The van der Waals surface area contributed by atoms with E-state index in [2.05, 4.69) is 0 Å². The molecule has 1 aliphatic carbocycles. The number of carbonyl (C=O) groups excluding carboxylic acids is 1. The van der Waals surface area contributed by atoms with Crippen LogP contribution in [-0.2, 0) is 16.6 Å². The molecule has 2 aromatic heterocycles. The van der Waals surface area contributed by atoms with E-state index in [1.54, 1.807) is 37.6 Å². The summed E-state index contributed by atoms with van der Waals surface area (Å²) in [5.41, 5.74) is 2.06. The van der Waals surface area contributed by atoms with Crippen LogP contribution in [0.5, 0.6) is 0 Å². The fourth-order valence-corrected chi connectivity index (χ4v) is 6.60. The van der Waals surface area contributed by atoms with Gasteiger partial charge in [-0.2, -0.15) is 4.31 Å². The van der Waals surface area contributed by atoms with Crippen LogP contribution in [-0.4, -0.2) is 36.7 Å². The average Bonchev–Trinajstić information content (AvgIpc) is 3.36. The van der Waals surface area contributed by atoms with Gasteiger partial charge in [-0.05, 0) is 73.9 Å². The van der Waals surface area contributed by atoms with E-state index < -0.39 is 10.0 Å². The Balaban J connectivity index is 1.49. The molecule has 1 amide bonds. The molecule has 2 aromatic carbocycles. The van der Waals surface area contributed by atoms with Crippen molar-refractivity contribution in [2.45, 2.75) is 37.2 Å². The number of carbonyl (C=O) groups is 1. The van der Waals surface area contributed by atoms with Crippen molar-refractivity contribution in [3.63, 3.8) is 0 Å². The molecule has 1 aliphatic rings. The van der Waals surface area contributed by atoms with Gasteiger partial charge in [0.15, 0.2) is 5.13 Å². The summed E-state index contributed by atoms with van der Waals surface area (Å²) >= 11 is 7.58. The molecular weight excluding hydrogens is 494 g/mol. The second-order valence-corrected chi connectivity index (χ2v) is 11.8. The summed E-state index contributed by atoms with van der Waals surface area (Å²) in [5.74, 6) is 0.298. The van der Waals surface area contributed by atoms with E-state index >= 15 is 0 Å². The summed E-state index contributed by atoms with van der Waals surface area (Å²) in [6.07, 6.45) is 3.30. The number of nitrogens with zero attached hydrogens (tertiary/aromatic N) is 3. The molecule has 2 heterocycles. The number of thiazole rings is 1. The lowest BCUT2D eigenvalue weighted by molar-refractivity contribution is 0.0983. The fourth-order valence-electron chi connectivity index (χ4n) is 3.77. The Kier molecular flexibility index (Phi) is 5.97. The molecule has 1 saturated carbocycles. The third-order valence-corrected chi connectivity index (χ3v) is 9.02. The Morgan fingerprint density at radius 3 is 2.59 bits per heavy atom. The maximum Gasteiger partial charge on any atom is 0.260 e. The molecule has 1 fully saturated rings. The van der Waals surface area contributed by atoms with Gasteiger partial charge in [-0.1, -0.05) is 22.9 Å². The van der Waals surface area contributed by atoms with Crippen molar-refractivity contribution in [2.24, 2.45) is 0 Å². The minimum absolute atomic E-state index is 0.0612. The van der Waals surface area contributed by atoms with E-state index in [1.807, 2.05) is 19.1 Å². The van der Waals surface area contributed by atoms with Gasteiger partial charge in [-0.15, -0.1) is 0 Å². The van der Waals surface area contributed by atoms with Gasteiger partial charge < -0.3 is 4.42 Å². The first kappa shape index (κ1) is 23.0. The van der Waals surface area contributed by atoms with Crippen LogP contribution in [0.25, 0.3) is 10.2 Å². The van der Waals surface area contributed by atoms with Crippen LogP contribution in [0.3, 0.4) is 0 Å². The summed E-state index contributed by atoms with van der Waals surface area (Å²) in [6.45, 7) is 2.11. The zero-order valence-corrected chi connectivity index (χ0v) is 21.0. The second kappa shape index (κ2) is 8.81. The molecule has 34 heavy (non-hydrogen) atoms. The van der Waals surface area contributed by atoms with E-state index in [0.717, 1.165) is 28.6 Å². The number of hydrogen-bond donors (Lipinski definition) is 0. The van der Waals surface area contributed by atoms with Gasteiger partial charge in [0.25, 0.3) is 5.91 Å². The maximum absolute atomic E-state index is 13.6. The van der Waals surface area contributed by atoms with E-state index in [4.69, 9.17) is 21.0 Å². The Morgan fingerprint density at radius 2 is 1.94 bits per heavy atom. The normalized spacial score (nSPS) is 14.1. The molecule has 10 heteroatoms. The van der Waals surface area contributed by atoms with Crippen LogP contribution in [0.2, 0.25) is 5.02 Å². The van der Waals surface area contributed by atoms with Gasteiger partial charge in [0.05, 0.1) is 27.9 Å². The van der Waals surface area contributed by atoms with Crippen molar-refractivity contribution in [1.29, 1.82) is 0 Å². The number of furan rings is 1. The number of rotatable bonds is 7. The van der Waals surface area contributed by atoms with E-state index in [9.17, 15) is 13.2 Å². The quantitative estimate of drug-likeness (QED) is 0.325. The Bertz CT molecular complexity index is 1460. The third kappa shape index (κ3) is 4.36. The van der Waals surface area contributed by atoms with Crippen molar-refractivity contribution < 1.29 is 17.6 Å². The Hall–Kier alpha value is -2.72. The van der Waals surface area contributed by atoms with Crippen molar-refractivity contribution >= 4 is 54.2 Å². The number of anilines is 1. The number of aromatic nitrogens is 1. The van der Waals surface area contributed by atoms with Crippen molar-refractivity contribution in [2.75, 3.05) is 11.9 Å². The number of amides is 1. The first-order chi connectivity index (χ1) is 16.2. The summed E-state index contributed by atoms with van der Waals surface area (Å²) in [7, 11) is -1.99. The molecule has 4 aromatic rings. The van der Waals surface area contributed by atoms with Crippen LogP contribution in [0.1, 0.15) is 34.5 Å². The summed E-state index contributed by atoms with van der Waals surface area (Å²) in [4.78, 5) is 20.0. The van der Waals surface area contributed by atoms with Gasteiger partial charge in [0.2, 0.25) is 10.0 Å². The van der Waals surface area contributed by atoms with Crippen LogP contribution in [0.15, 0.2) is 64.1 Å². The van der Waals surface area contributed by atoms with Crippen LogP contribution >= 0.6 is 22.9 Å². The summed E-state index contributed by atoms with van der Waals surface area (Å²) in [6, 6.07) is 13.3. The highest BCUT2D eigenvalue weighted by Crippen LogP contribution is 2.35. The lowest BCUT2D eigenvalue weighted by Gasteiger charge is -2.19. The molecule has 0 N–H and O–H groups in total. The van der Waals surface area contributed by atoms with E-state index in [0.29, 0.717) is 21.5 Å². The first-order valence-corrected chi connectivity index (χ1v) is 13.4. The highest BCUT2D eigenvalue weighted by molar-refractivity contribution is 7.89. The highest BCUT2D eigenvalue weighted by atomic mass is 35.5. The minimum atomic E-state index is -3.59. The van der Waals surface area contributed by atoms with Gasteiger partial charge >= 0.3 is 0 Å². The summed E-state index contributed by atoms with van der Waals surface area (Å²) < 4.78 is 33.4. The van der Waals surface area contributed by atoms with Crippen LogP contribution in [0.4, 0.5) is 5.13 Å². The van der Waals surface area contributed by atoms with Crippen molar-refractivity contribution in [1.82, 2.24) is 9.29 Å². The number of sulfonamides is 1. The lowest BCUT2D eigenvalue weighted by atomic mass is 10.2. The Morgan fingerprint density at radius 1 is 1.21 bits per heavy atom. The SMILES string of the molecule is Cc1cc(Cl)cc2sc(N(Cc3ccco3)C(=O)c3ccc(S(=O)(=O)N(C)C4CC4)cc3)nc12. The zero-order valence-electron chi connectivity index (χ0n) is 18.6. The maximum atomic E-state index is 13.6. The molecule has 0 radical (unpaired) electrons. The molecule has 7 nitrogen and oxygen atoms in total. The van der Waals surface area contributed by atoms with Crippen LogP contribution < -0.4 is 4.90 Å². The predicted molar refractivity (Wildman–Crippen MR) is 133 cm³/mol. The average molecular weight is 516 g/mol. The standard InChI is InChI=1S/C24H22ClN3O4S2/c1-15-12-17(25)13-21-22(15)26-24(33-21)28(14-19-4-3-11-32-19)23(29)16-5-9-20(10-6-16)34(30,31)27(2)18-7-8-18/h3-6,9-13,18H,7-8,14H2,1-2H3. The van der Waals surface area contributed by atoms with E-state index in [-0.39, 0.29) is 23.4 Å². The third-order valence-electron chi connectivity index (χ3n) is 5.85. The molecule has 0 spiro atoms. The van der Waals surface area contributed by atoms with Gasteiger partial charge in [0, 0.05) is 23.7 Å². The first-order valence-electron chi connectivity index (χ1n) is 10.7. The Labute approximate surface area is 206 Å².